The number of benzene rings is 2. The molecule has 0 radical (unpaired) electrons. The number of imide groups is 1. The number of amides is 3. The Kier molecular flexibility index (Phi) is 8.96. The highest BCUT2D eigenvalue weighted by atomic mass is 19.1. The molecule has 4 heterocycles. The molecule has 52 heavy (non-hydrogen) atoms. The lowest BCUT2D eigenvalue weighted by molar-refractivity contribution is -0.120. The number of rotatable bonds is 8. The second-order valence-corrected chi connectivity index (χ2v) is 15.7. The van der Waals surface area contributed by atoms with Gasteiger partial charge < -0.3 is 9.26 Å². The second-order valence-electron chi connectivity index (χ2n) is 15.7. The fraction of sp³-hybridized carbons (Fsp3) is 0.436. The number of nitrogens with one attached hydrogen (secondary N) is 1. The number of ether oxygens (including phenoxy) is 1. The molecule has 4 aromatic rings. The highest BCUT2D eigenvalue weighted by Gasteiger charge is 2.54. The van der Waals surface area contributed by atoms with Crippen LogP contribution in [0.4, 0.5) is 19.3 Å². The predicted octanol–water partition coefficient (Wildman–Crippen LogP) is 7.36. The highest BCUT2D eigenvalue weighted by molar-refractivity contribution is 6.05. The van der Waals surface area contributed by atoms with Crippen LogP contribution in [0.1, 0.15) is 93.2 Å². The van der Waals surface area contributed by atoms with Crippen molar-refractivity contribution < 1.29 is 32.4 Å². The van der Waals surface area contributed by atoms with Gasteiger partial charge in [0.1, 0.15) is 17.2 Å². The number of aryl methyl sites for hydroxylation is 1. The minimum Gasteiger partial charge on any atom is -0.454 e. The first-order chi connectivity index (χ1) is 24.6. The molecule has 7 rings (SSSR count). The van der Waals surface area contributed by atoms with Crippen molar-refractivity contribution in [1.29, 1.82) is 0 Å². The molecule has 2 aromatic carbocycles. The van der Waals surface area contributed by atoms with Gasteiger partial charge in [-0.25, -0.2) is 28.3 Å². The Morgan fingerprint density at radius 3 is 2.42 bits per heavy atom. The van der Waals surface area contributed by atoms with Gasteiger partial charge in [0.05, 0.1) is 5.69 Å². The van der Waals surface area contributed by atoms with Crippen molar-refractivity contribution in [3.63, 3.8) is 0 Å². The number of hydrogen-bond acceptors (Lipinski definition) is 9. The molecular weight excluding hydrogens is 670 g/mol. The lowest BCUT2D eigenvalue weighted by Gasteiger charge is -2.62. The van der Waals surface area contributed by atoms with Crippen molar-refractivity contribution in [2.45, 2.75) is 78.4 Å². The minimum atomic E-state index is -0.689. The third-order valence-corrected chi connectivity index (χ3v) is 10.2. The molecule has 0 bridgehead atoms. The molecule has 1 N–H and O–H groups in total. The Labute approximate surface area is 300 Å². The summed E-state index contributed by atoms with van der Waals surface area (Å²) in [5.74, 6) is -1.19. The zero-order valence-corrected chi connectivity index (χ0v) is 30.1. The zero-order chi connectivity index (χ0) is 37.1. The van der Waals surface area contributed by atoms with E-state index < -0.39 is 23.4 Å². The molecule has 2 saturated heterocycles. The van der Waals surface area contributed by atoms with Crippen LogP contribution in [0.25, 0.3) is 22.6 Å². The summed E-state index contributed by atoms with van der Waals surface area (Å²) in [6.45, 7) is 13.2. The number of anilines is 1. The number of esters is 1. The standard InChI is InChI=1S/C39H42F2N6O5/c1-21(2)34(46-19-39(20-46)16-25(17-39)23-8-10-31(29(41)13-23)47-12-11-33(48)44-37(47)50)24-7-9-26(28(40)14-24)27-18-42-35(43-22(27)3)30-15-32(52-45-30)36(49)51-38(4,5)6/h7-10,13-15,18,21,25,34H,11-12,16-17,19-20H2,1-6H3,(H,44,48,50). The molecular formula is C39H42F2N6O5. The van der Waals surface area contributed by atoms with Crippen molar-refractivity contribution in [3.8, 4) is 22.6 Å². The Morgan fingerprint density at radius 1 is 1.04 bits per heavy atom. The van der Waals surface area contributed by atoms with Gasteiger partial charge in [-0.3, -0.25) is 19.9 Å². The average molecular weight is 713 g/mol. The van der Waals surface area contributed by atoms with Gasteiger partial charge in [-0.1, -0.05) is 37.2 Å². The molecule has 11 nitrogen and oxygen atoms in total. The molecule has 2 aliphatic heterocycles. The van der Waals surface area contributed by atoms with E-state index >= 15 is 8.78 Å². The highest BCUT2D eigenvalue weighted by Crippen LogP contribution is 2.58. The molecule has 272 valence electrons. The van der Waals surface area contributed by atoms with Crippen LogP contribution in [0.15, 0.2) is 53.2 Å². The van der Waals surface area contributed by atoms with Gasteiger partial charge in [-0.15, -0.1) is 0 Å². The molecule has 13 heteroatoms. The number of urea groups is 1. The van der Waals surface area contributed by atoms with Crippen molar-refractivity contribution in [3.05, 3.63) is 82.9 Å². The summed E-state index contributed by atoms with van der Waals surface area (Å²) in [4.78, 5) is 48.7. The molecule has 1 aliphatic carbocycles. The monoisotopic (exact) mass is 712 g/mol. The van der Waals surface area contributed by atoms with E-state index in [1.165, 1.54) is 17.0 Å². The van der Waals surface area contributed by atoms with E-state index in [4.69, 9.17) is 9.26 Å². The zero-order valence-electron chi connectivity index (χ0n) is 30.1. The first kappa shape index (κ1) is 35.4. The van der Waals surface area contributed by atoms with Crippen molar-refractivity contribution >= 4 is 23.6 Å². The summed E-state index contributed by atoms with van der Waals surface area (Å²) in [6.07, 6.45) is 3.56. The normalized spacial score (nSPS) is 18.3. The summed E-state index contributed by atoms with van der Waals surface area (Å²) < 4.78 is 41.5. The minimum absolute atomic E-state index is 0.0265. The molecule has 1 saturated carbocycles. The summed E-state index contributed by atoms with van der Waals surface area (Å²) in [7, 11) is 0. The molecule has 2 aromatic heterocycles. The molecule has 1 spiro atoms. The molecule has 3 fully saturated rings. The quantitative estimate of drug-likeness (QED) is 0.186. The van der Waals surface area contributed by atoms with E-state index in [9.17, 15) is 14.4 Å². The Bertz CT molecular complexity index is 2060. The van der Waals surface area contributed by atoms with E-state index in [0.717, 1.165) is 37.1 Å². The van der Waals surface area contributed by atoms with Gasteiger partial charge in [-0.2, -0.15) is 0 Å². The van der Waals surface area contributed by atoms with Gasteiger partial charge in [0.2, 0.25) is 11.7 Å². The van der Waals surface area contributed by atoms with Crippen LogP contribution in [0, 0.1) is 29.9 Å². The number of aromatic nitrogens is 3. The van der Waals surface area contributed by atoms with E-state index in [1.807, 2.05) is 12.1 Å². The van der Waals surface area contributed by atoms with Crippen molar-refractivity contribution in [1.82, 2.24) is 25.3 Å². The van der Waals surface area contributed by atoms with Crippen LogP contribution in [-0.2, 0) is 9.53 Å². The maximum absolute atomic E-state index is 15.8. The number of halogens is 2. The van der Waals surface area contributed by atoms with Crippen LogP contribution in [0.3, 0.4) is 0 Å². The molecule has 1 atom stereocenters. The van der Waals surface area contributed by atoms with E-state index in [2.05, 4.69) is 39.2 Å². The predicted molar refractivity (Wildman–Crippen MR) is 188 cm³/mol. The van der Waals surface area contributed by atoms with Crippen LogP contribution in [0.5, 0.6) is 0 Å². The maximum Gasteiger partial charge on any atom is 0.377 e. The Balaban J connectivity index is 0.994. The summed E-state index contributed by atoms with van der Waals surface area (Å²) >= 11 is 0. The van der Waals surface area contributed by atoms with E-state index in [0.29, 0.717) is 16.8 Å². The van der Waals surface area contributed by atoms with Crippen LogP contribution >= 0.6 is 0 Å². The van der Waals surface area contributed by atoms with Gasteiger partial charge >= 0.3 is 12.0 Å². The van der Waals surface area contributed by atoms with Gasteiger partial charge in [0.25, 0.3) is 0 Å². The smallest absolute Gasteiger partial charge is 0.377 e. The number of carbonyl (C=O) groups is 3. The average Bonchev–Trinajstić information content (AvgIpc) is 3.52. The molecule has 3 aliphatic rings. The number of likely N-dealkylation sites (tertiary alicyclic amines) is 1. The van der Waals surface area contributed by atoms with Gasteiger partial charge in [0, 0.05) is 61.2 Å². The molecule has 3 amide bonds. The number of hydrogen-bond donors (Lipinski definition) is 1. The lowest BCUT2D eigenvalue weighted by Crippen LogP contribution is -2.62. The third kappa shape index (κ3) is 6.81. The SMILES string of the molecule is Cc1nc(-c2cc(C(=O)OC(C)(C)C)on2)ncc1-c1ccc(C(C(C)C)N2CC3(CC(c4ccc(N5CCC(=O)NC5=O)c(F)c4)C3)C2)cc1F. The largest absolute Gasteiger partial charge is 0.454 e. The van der Waals surface area contributed by atoms with Crippen LogP contribution in [-0.4, -0.2) is 63.2 Å². The third-order valence-electron chi connectivity index (χ3n) is 10.2. The Hall–Kier alpha value is -5.04. The molecule has 1 unspecified atom stereocenters. The number of nitrogens with zero attached hydrogens (tertiary/aromatic N) is 5. The van der Waals surface area contributed by atoms with E-state index in [-0.39, 0.29) is 70.9 Å². The fourth-order valence-electron chi connectivity index (χ4n) is 7.89. The first-order valence-electron chi connectivity index (χ1n) is 17.6. The Morgan fingerprint density at radius 2 is 1.79 bits per heavy atom. The topological polar surface area (TPSA) is 131 Å². The summed E-state index contributed by atoms with van der Waals surface area (Å²) in [5, 5.41) is 6.16. The summed E-state index contributed by atoms with van der Waals surface area (Å²) in [6, 6.07) is 11.2. The van der Waals surface area contributed by atoms with Crippen molar-refractivity contribution in [2.75, 3.05) is 24.5 Å². The number of carbonyl (C=O) groups excluding carboxylic acids is 3. The summed E-state index contributed by atoms with van der Waals surface area (Å²) in [5.41, 5.74) is 3.20. The first-order valence-corrected chi connectivity index (χ1v) is 17.6. The maximum atomic E-state index is 15.8. The van der Waals surface area contributed by atoms with E-state index in [1.54, 1.807) is 52.1 Å². The van der Waals surface area contributed by atoms with Crippen LogP contribution in [0.2, 0.25) is 0 Å². The van der Waals surface area contributed by atoms with Crippen LogP contribution < -0.4 is 10.2 Å². The van der Waals surface area contributed by atoms with Gasteiger partial charge in [-0.05, 0) is 87.1 Å². The van der Waals surface area contributed by atoms with Gasteiger partial charge in [0.15, 0.2) is 11.5 Å². The second kappa shape index (κ2) is 13.2. The fourth-order valence-corrected chi connectivity index (χ4v) is 7.89. The lowest BCUT2D eigenvalue weighted by atomic mass is 9.55. The van der Waals surface area contributed by atoms with Crippen molar-refractivity contribution in [2.24, 2.45) is 11.3 Å².